The van der Waals surface area contributed by atoms with Crippen molar-refractivity contribution < 1.29 is 9.63 Å². The Hall–Kier alpha value is -2.12. The first-order valence-corrected chi connectivity index (χ1v) is 10.3. The van der Waals surface area contributed by atoms with Crippen LogP contribution in [-0.4, -0.2) is 47.4 Å². The molecule has 154 valence electrons. The molecule has 7 nitrogen and oxygen atoms in total. The van der Waals surface area contributed by atoms with E-state index in [9.17, 15) is 5.11 Å². The number of nitrogens with zero attached hydrogens (tertiary/aromatic N) is 3. The number of guanidine groups is 1. The molecule has 0 amide bonds. The first-order valence-electron chi connectivity index (χ1n) is 9.87. The van der Waals surface area contributed by atoms with Gasteiger partial charge in [-0.25, -0.2) is 0 Å². The second-order valence-corrected chi connectivity index (χ2v) is 7.02. The molecular weight excluding hydrogens is 378 g/mol. The maximum Gasteiger partial charge on any atom is 0.228 e. The van der Waals surface area contributed by atoms with Crippen molar-refractivity contribution in [3.05, 3.63) is 35.2 Å². The largest absolute Gasteiger partial charge is 0.396 e. The van der Waals surface area contributed by atoms with Gasteiger partial charge in [0, 0.05) is 43.2 Å². The second kappa shape index (κ2) is 12.4. The predicted octanol–water partition coefficient (Wildman–Crippen LogP) is 3.29. The molecule has 0 saturated heterocycles. The van der Waals surface area contributed by atoms with Gasteiger partial charge in [-0.15, -0.1) is 0 Å². The molecule has 1 unspecified atom stereocenters. The van der Waals surface area contributed by atoms with Gasteiger partial charge in [-0.2, -0.15) is 4.98 Å². The number of halogens is 1. The fraction of sp³-hybridized carbons (Fsp3) is 0.550. The number of hydrogen-bond donors (Lipinski definition) is 3. The zero-order valence-electron chi connectivity index (χ0n) is 16.6. The van der Waals surface area contributed by atoms with Gasteiger partial charge in [0.2, 0.25) is 11.7 Å². The lowest BCUT2D eigenvalue weighted by Gasteiger charge is -2.15. The van der Waals surface area contributed by atoms with Gasteiger partial charge in [0.1, 0.15) is 0 Å². The Kier molecular flexibility index (Phi) is 9.79. The highest BCUT2D eigenvalue weighted by Crippen LogP contribution is 2.19. The molecule has 0 aliphatic rings. The molecule has 1 heterocycles. The van der Waals surface area contributed by atoms with Crippen LogP contribution in [0.1, 0.15) is 39.0 Å². The molecule has 0 radical (unpaired) electrons. The summed E-state index contributed by atoms with van der Waals surface area (Å²) in [5.41, 5.74) is 0.830. The van der Waals surface area contributed by atoms with Crippen LogP contribution in [-0.2, 0) is 6.42 Å². The van der Waals surface area contributed by atoms with Crippen LogP contribution >= 0.6 is 11.6 Å². The summed E-state index contributed by atoms with van der Waals surface area (Å²) in [5, 5.41) is 20.4. The van der Waals surface area contributed by atoms with Crippen LogP contribution in [0.2, 0.25) is 5.02 Å². The first kappa shape index (κ1) is 22.2. The van der Waals surface area contributed by atoms with Crippen molar-refractivity contribution in [1.29, 1.82) is 0 Å². The van der Waals surface area contributed by atoms with E-state index in [1.165, 1.54) is 0 Å². The number of aliphatic imine (C=N–C) groups is 1. The van der Waals surface area contributed by atoms with Crippen LogP contribution in [0.4, 0.5) is 0 Å². The van der Waals surface area contributed by atoms with Crippen molar-refractivity contribution in [3.63, 3.8) is 0 Å². The normalized spacial score (nSPS) is 12.8. The molecule has 1 atom stereocenters. The minimum absolute atomic E-state index is 0.205. The molecule has 0 aliphatic carbocycles. The summed E-state index contributed by atoms with van der Waals surface area (Å²) in [6.45, 7) is 6.49. The van der Waals surface area contributed by atoms with Gasteiger partial charge in [0.05, 0.1) is 0 Å². The topological polar surface area (TPSA) is 95.6 Å². The quantitative estimate of drug-likeness (QED) is 0.390. The van der Waals surface area contributed by atoms with E-state index in [2.05, 4.69) is 32.7 Å². The van der Waals surface area contributed by atoms with Crippen LogP contribution in [0.3, 0.4) is 0 Å². The van der Waals surface area contributed by atoms with E-state index in [-0.39, 0.29) is 6.61 Å². The van der Waals surface area contributed by atoms with E-state index in [1.54, 1.807) is 0 Å². The summed E-state index contributed by atoms with van der Waals surface area (Å²) in [7, 11) is 0. The summed E-state index contributed by atoms with van der Waals surface area (Å²) >= 11 is 6.01. The smallest absolute Gasteiger partial charge is 0.228 e. The van der Waals surface area contributed by atoms with E-state index >= 15 is 0 Å². The summed E-state index contributed by atoms with van der Waals surface area (Å²) in [6, 6.07) is 7.37. The molecule has 0 bridgehead atoms. The van der Waals surface area contributed by atoms with Gasteiger partial charge in [0.15, 0.2) is 5.96 Å². The number of nitrogens with one attached hydrogen (secondary N) is 2. The number of benzene rings is 1. The third-order valence-electron chi connectivity index (χ3n) is 4.27. The molecule has 1 aromatic carbocycles. The highest BCUT2D eigenvalue weighted by molar-refractivity contribution is 6.30. The van der Waals surface area contributed by atoms with Gasteiger partial charge in [-0.1, -0.05) is 42.2 Å². The molecule has 0 saturated carbocycles. The molecule has 8 heteroatoms. The van der Waals surface area contributed by atoms with Crippen molar-refractivity contribution in [2.45, 2.75) is 39.5 Å². The maximum absolute atomic E-state index is 9.19. The third-order valence-corrected chi connectivity index (χ3v) is 4.50. The van der Waals surface area contributed by atoms with Crippen LogP contribution in [0.15, 0.2) is 33.8 Å². The lowest BCUT2D eigenvalue weighted by atomic mass is 10.0. The number of aliphatic hydroxyl groups is 1. The van der Waals surface area contributed by atoms with Crippen molar-refractivity contribution in [1.82, 2.24) is 20.8 Å². The molecular formula is C20H30ClN5O2. The summed E-state index contributed by atoms with van der Waals surface area (Å²) < 4.78 is 5.33. The van der Waals surface area contributed by atoms with Gasteiger partial charge < -0.3 is 20.3 Å². The predicted molar refractivity (Wildman–Crippen MR) is 113 cm³/mol. The molecule has 0 spiro atoms. The number of aromatic nitrogens is 2. The average molecular weight is 408 g/mol. The summed E-state index contributed by atoms with van der Waals surface area (Å²) in [5.74, 6) is 2.25. The lowest BCUT2D eigenvalue weighted by Crippen LogP contribution is -2.38. The van der Waals surface area contributed by atoms with Crippen molar-refractivity contribution in [3.8, 4) is 11.4 Å². The van der Waals surface area contributed by atoms with E-state index in [1.807, 2.05) is 31.2 Å². The minimum Gasteiger partial charge on any atom is -0.396 e. The van der Waals surface area contributed by atoms with Crippen molar-refractivity contribution in [2.75, 3.05) is 26.2 Å². The Bertz CT molecular complexity index is 729. The summed E-state index contributed by atoms with van der Waals surface area (Å²) in [4.78, 5) is 9.07. The number of hydrogen-bond acceptors (Lipinski definition) is 5. The SMILES string of the molecule is CCCC(CCO)CN=C(NCC)NCCc1nc(-c2cccc(Cl)c2)no1. The van der Waals surface area contributed by atoms with Crippen LogP contribution in [0, 0.1) is 5.92 Å². The Morgan fingerprint density at radius 2 is 2.14 bits per heavy atom. The van der Waals surface area contributed by atoms with E-state index < -0.39 is 0 Å². The Morgan fingerprint density at radius 3 is 2.86 bits per heavy atom. The number of aliphatic hydroxyl groups excluding tert-OH is 1. The Labute approximate surface area is 171 Å². The Balaban J connectivity index is 1.87. The highest BCUT2D eigenvalue weighted by atomic mass is 35.5. The summed E-state index contributed by atoms with van der Waals surface area (Å²) in [6.07, 6.45) is 3.53. The van der Waals surface area contributed by atoms with Crippen molar-refractivity contribution in [2.24, 2.45) is 10.9 Å². The van der Waals surface area contributed by atoms with Gasteiger partial charge in [-0.05, 0) is 37.8 Å². The van der Waals surface area contributed by atoms with E-state index in [4.69, 9.17) is 16.1 Å². The minimum atomic E-state index is 0.205. The maximum atomic E-state index is 9.19. The highest BCUT2D eigenvalue weighted by Gasteiger charge is 2.10. The third kappa shape index (κ3) is 7.48. The van der Waals surface area contributed by atoms with Crippen LogP contribution < -0.4 is 10.6 Å². The molecule has 0 fully saturated rings. The average Bonchev–Trinajstić information content (AvgIpc) is 3.15. The molecule has 28 heavy (non-hydrogen) atoms. The fourth-order valence-electron chi connectivity index (χ4n) is 2.87. The molecule has 2 aromatic rings. The monoisotopic (exact) mass is 407 g/mol. The van der Waals surface area contributed by atoms with Crippen LogP contribution in [0.5, 0.6) is 0 Å². The Morgan fingerprint density at radius 1 is 1.29 bits per heavy atom. The second-order valence-electron chi connectivity index (χ2n) is 6.59. The van der Waals surface area contributed by atoms with Crippen LogP contribution in [0.25, 0.3) is 11.4 Å². The zero-order valence-corrected chi connectivity index (χ0v) is 17.4. The number of rotatable bonds is 11. The molecule has 1 aromatic heterocycles. The standard InChI is InChI=1S/C20H30ClN5O2/c1-3-6-15(10-12-27)14-24-20(22-4-2)23-11-9-18-25-19(26-28-18)16-7-5-8-17(21)13-16/h5,7-8,13,15,27H,3-4,6,9-12,14H2,1-2H3,(H2,22,23,24). The van der Waals surface area contributed by atoms with Crippen molar-refractivity contribution >= 4 is 17.6 Å². The van der Waals surface area contributed by atoms with E-state index in [0.29, 0.717) is 42.2 Å². The van der Waals surface area contributed by atoms with Gasteiger partial charge in [0.25, 0.3) is 0 Å². The molecule has 2 rings (SSSR count). The van der Waals surface area contributed by atoms with Gasteiger partial charge in [-0.3, -0.25) is 4.99 Å². The molecule has 0 aliphatic heterocycles. The zero-order chi connectivity index (χ0) is 20.2. The fourth-order valence-corrected chi connectivity index (χ4v) is 3.06. The van der Waals surface area contributed by atoms with Gasteiger partial charge >= 0.3 is 0 Å². The van der Waals surface area contributed by atoms with E-state index in [0.717, 1.165) is 37.3 Å². The first-order chi connectivity index (χ1) is 13.7. The lowest BCUT2D eigenvalue weighted by molar-refractivity contribution is 0.253. The molecule has 3 N–H and O–H groups in total.